The summed E-state index contributed by atoms with van der Waals surface area (Å²) in [6, 6.07) is 17.4. The molecular formula is C26H26N4O2. The quantitative estimate of drug-likeness (QED) is 0.760. The molecule has 6 nitrogen and oxygen atoms in total. The molecule has 3 heterocycles. The summed E-state index contributed by atoms with van der Waals surface area (Å²) in [4.78, 5) is 33.5. The van der Waals surface area contributed by atoms with E-state index in [1.54, 1.807) is 0 Å². The van der Waals surface area contributed by atoms with Crippen LogP contribution in [0, 0.1) is 5.92 Å². The van der Waals surface area contributed by atoms with Gasteiger partial charge in [0.1, 0.15) is 6.17 Å². The van der Waals surface area contributed by atoms with Gasteiger partial charge in [0, 0.05) is 43.9 Å². The standard InChI is InChI=1S/C26H26N4O2/c31-25(20-6-2-1-3-7-20)29-14-12-19(13-15-29)21-10-11-24(27-16-21)28-26(32)30-17-22-8-4-5-9-23(22)18-30/h1-12,16,21,24H,13-15,17-18H2,(H,28,32). The van der Waals surface area contributed by atoms with Crippen molar-refractivity contribution >= 4 is 18.2 Å². The lowest BCUT2D eigenvalue weighted by Crippen LogP contribution is -2.42. The Hall–Kier alpha value is -3.67. The molecule has 0 saturated heterocycles. The summed E-state index contributed by atoms with van der Waals surface area (Å²) in [5, 5.41) is 2.99. The molecule has 0 saturated carbocycles. The molecule has 6 heteroatoms. The van der Waals surface area contributed by atoms with E-state index < -0.39 is 0 Å². The Labute approximate surface area is 187 Å². The van der Waals surface area contributed by atoms with Gasteiger partial charge in [-0.05, 0) is 35.8 Å². The topological polar surface area (TPSA) is 65.0 Å². The number of carbonyl (C=O) groups is 2. The van der Waals surface area contributed by atoms with Gasteiger partial charge in [-0.25, -0.2) is 4.79 Å². The van der Waals surface area contributed by atoms with Crippen molar-refractivity contribution in [3.05, 3.63) is 95.1 Å². The number of nitrogens with zero attached hydrogens (tertiary/aromatic N) is 3. The second kappa shape index (κ2) is 8.83. The monoisotopic (exact) mass is 426 g/mol. The molecule has 0 radical (unpaired) electrons. The summed E-state index contributed by atoms with van der Waals surface area (Å²) in [6.45, 7) is 2.58. The molecule has 32 heavy (non-hydrogen) atoms. The van der Waals surface area contributed by atoms with E-state index in [2.05, 4.69) is 34.6 Å². The maximum Gasteiger partial charge on any atom is 0.319 e. The molecule has 0 fully saturated rings. The van der Waals surface area contributed by atoms with Crippen LogP contribution in [-0.2, 0) is 13.1 Å². The highest BCUT2D eigenvalue weighted by Gasteiger charge is 2.26. The molecule has 2 aromatic rings. The molecule has 0 aliphatic carbocycles. The number of nitrogens with one attached hydrogen (secondary N) is 1. The number of carbonyl (C=O) groups excluding carboxylic acids is 2. The Morgan fingerprint density at radius 3 is 2.25 bits per heavy atom. The van der Waals surface area contributed by atoms with Gasteiger partial charge < -0.3 is 15.1 Å². The van der Waals surface area contributed by atoms with E-state index in [9.17, 15) is 9.59 Å². The zero-order chi connectivity index (χ0) is 21.9. The van der Waals surface area contributed by atoms with E-state index >= 15 is 0 Å². The number of allylic oxidation sites excluding steroid dienone is 1. The third-order valence-electron chi connectivity index (χ3n) is 6.29. The van der Waals surface area contributed by atoms with Gasteiger partial charge in [0.05, 0.1) is 0 Å². The van der Waals surface area contributed by atoms with Crippen molar-refractivity contribution in [2.45, 2.75) is 25.7 Å². The van der Waals surface area contributed by atoms with E-state index in [-0.39, 0.29) is 24.0 Å². The lowest BCUT2D eigenvalue weighted by molar-refractivity contribution is 0.0768. The van der Waals surface area contributed by atoms with Gasteiger partial charge in [-0.2, -0.15) is 0 Å². The number of benzene rings is 2. The normalized spacial score (nSPS) is 21.8. The minimum absolute atomic E-state index is 0.0700. The van der Waals surface area contributed by atoms with Gasteiger partial charge in [-0.3, -0.25) is 9.79 Å². The van der Waals surface area contributed by atoms with Crippen molar-refractivity contribution in [3.63, 3.8) is 0 Å². The van der Waals surface area contributed by atoms with Gasteiger partial charge in [0.25, 0.3) is 5.91 Å². The molecule has 3 aliphatic heterocycles. The Bertz CT molecular complexity index is 1070. The van der Waals surface area contributed by atoms with Crippen LogP contribution in [0.25, 0.3) is 0 Å². The SMILES string of the molecule is O=C(NC1C=CC(C2=CCN(C(=O)c3ccccc3)CC2)C=N1)N1Cc2ccccc2C1. The van der Waals surface area contributed by atoms with Gasteiger partial charge >= 0.3 is 6.03 Å². The Morgan fingerprint density at radius 2 is 1.62 bits per heavy atom. The van der Waals surface area contributed by atoms with E-state index in [4.69, 9.17) is 0 Å². The zero-order valence-corrected chi connectivity index (χ0v) is 17.9. The highest BCUT2D eigenvalue weighted by Crippen LogP contribution is 2.24. The number of fused-ring (bicyclic) bond motifs is 1. The van der Waals surface area contributed by atoms with E-state index in [0.29, 0.717) is 26.2 Å². The second-order valence-electron chi connectivity index (χ2n) is 8.37. The Kier molecular flexibility index (Phi) is 5.58. The van der Waals surface area contributed by atoms with Crippen molar-refractivity contribution in [3.8, 4) is 0 Å². The molecule has 3 aliphatic rings. The number of urea groups is 1. The summed E-state index contributed by atoms with van der Waals surface area (Å²) in [6.07, 6.45) is 8.56. The molecule has 0 aromatic heterocycles. The number of hydrogen-bond donors (Lipinski definition) is 1. The maximum absolute atomic E-state index is 12.6. The summed E-state index contributed by atoms with van der Waals surface area (Å²) in [5.74, 6) is 0.189. The number of dihydropyridines is 1. The Morgan fingerprint density at radius 1 is 0.906 bits per heavy atom. The number of hydrogen-bond acceptors (Lipinski definition) is 3. The number of rotatable bonds is 3. The molecule has 0 spiro atoms. The van der Waals surface area contributed by atoms with Crippen LogP contribution in [0.3, 0.4) is 0 Å². The molecule has 5 rings (SSSR count). The smallest absolute Gasteiger partial charge is 0.319 e. The van der Waals surface area contributed by atoms with Crippen LogP contribution in [0.4, 0.5) is 4.79 Å². The minimum atomic E-state index is -0.345. The average molecular weight is 427 g/mol. The van der Waals surface area contributed by atoms with Crippen LogP contribution in [-0.4, -0.2) is 47.2 Å². The van der Waals surface area contributed by atoms with E-state index in [1.807, 2.05) is 64.6 Å². The first-order valence-corrected chi connectivity index (χ1v) is 11.0. The van der Waals surface area contributed by atoms with E-state index in [1.165, 1.54) is 16.7 Å². The summed E-state index contributed by atoms with van der Waals surface area (Å²) < 4.78 is 0. The number of aliphatic imine (C=N–C) groups is 1. The van der Waals surface area contributed by atoms with Crippen molar-refractivity contribution < 1.29 is 9.59 Å². The van der Waals surface area contributed by atoms with Crippen molar-refractivity contribution in [1.82, 2.24) is 15.1 Å². The third kappa shape index (κ3) is 4.21. The maximum atomic E-state index is 12.6. The van der Waals surface area contributed by atoms with Crippen molar-refractivity contribution in [2.24, 2.45) is 10.9 Å². The molecule has 0 bridgehead atoms. The summed E-state index contributed by atoms with van der Waals surface area (Å²) in [7, 11) is 0. The molecule has 2 aromatic carbocycles. The largest absolute Gasteiger partial charge is 0.335 e. The molecule has 2 atom stereocenters. The minimum Gasteiger partial charge on any atom is -0.335 e. The summed E-state index contributed by atoms with van der Waals surface area (Å²) >= 11 is 0. The average Bonchev–Trinajstić information content (AvgIpc) is 3.29. The summed E-state index contributed by atoms with van der Waals surface area (Å²) in [5.41, 5.74) is 4.40. The first-order chi connectivity index (χ1) is 15.7. The fourth-order valence-electron chi connectivity index (χ4n) is 4.44. The zero-order valence-electron chi connectivity index (χ0n) is 17.9. The number of amides is 3. The van der Waals surface area contributed by atoms with Crippen LogP contribution in [0.15, 0.2) is 83.4 Å². The lowest BCUT2D eigenvalue weighted by Gasteiger charge is -2.29. The van der Waals surface area contributed by atoms with Crippen LogP contribution >= 0.6 is 0 Å². The van der Waals surface area contributed by atoms with Gasteiger partial charge in [-0.1, -0.05) is 60.2 Å². The highest BCUT2D eigenvalue weighted by molar-refractivity contribution is 5.94. The van der Waals surface area contributed by atoms with Crippen LogP contribution in [0.1, 0.15) is 27.9 Å². The predicted molar refractivity (Wildman–Crippen MR) is 124 cm³/mol. The Balaban J connectivity index is 1.14. The first-order valence-electron chi connectivity index (χ1n) is 11.0. The highest BCUT2D eigenvalue weighted by atomic mass is 16.2. The third-order valence-corrected chi connectivity index (χ3v) is 6.29. The van der Waals surface area contributed by atoms with Crippen LogP contribution in [0.5, 0.6) is 0 Å². The van der Waals surface area contributed by atoms with E-state index in [0.717, 1.165) is 12.0 Å². The fraction of sp³-hybridized carbons (Fsp3) is 0.269. The van der Waals surface area contributed by atoms with Crippen LogP contribution < -0.4 is 5.32 Å². The first kappa shape index (κ1) is 20.2. The lowest BCUT2D eigenvalue weighted by atomic mass is 9.92. The second-order valence-corrected chi connectivity index (χ2v) is 8.37. The van der Waals surface area contributed by atoms with Crippen LogP contribution in [0.2, 0.25) is 0 Å². The van der Waals surface area contributed by atoms with Gasteiger partial charge in [-0.15, -0.1) is 0 Å². The predicted octanol–water partition coefficient (Wildman–Crippen LogP) is 3.77. The van der Waals surface area contributed by atoms with Gasteiger partial charge in [0.2, 0.25) is 0 Å². The molecular weight excluding hydrogens is 400 g/mol. The molecule has 3 amide bonds. The molecule has 162 valence electrons. The van der Waals surface area contributed by atoms with Gasteiger partial charge in [0.15, 0.2) is 0 Å². The fourth-order valence-corrected chi connectivity index (χ4v) is 4.44. The van der Waals surface area contributed by atoms with Crippen molar-refractivity contribution in [2.75, 3.05) is 13.1 Å². The molecule has 2 unspecified atom stereocenters. The van der Waals surface area contributed by atoms with Crippen molar-refractivity contribution in [1.29, 1.82) is 0 Å². The molecule has 1 N–H and O–H groups in total.